The van der Waals surface area contributed by atoms with E-state index >= 15 is 4.57 Å². The van der Waals surface area contributed by atoms with Gasteiger partial charge in [-0.15, -0.1) is 0 Å². The molecule has 0 spiro atoms. The summed E-state index contributed by atoms with van der Waals surface area (Å²) in [4.78, 5) is 0. The van der Waals surface area contributed by atoms with Gasteiger partial charge in [0, 0.05) is 21.4 Å². The summed E-state index contributed by atoms with van der Waals surface area (Å²) >= 11 is 0. The van der Waals surface area contributed by atoms with Crippen molar-refractivity contribution in [3.63, 3.8) is 0 Å². The molecule has 5 rings (SSSR count). The van der Waals surface area contributed by atoms with Gasteiger partial charge < -0.3 is 9.30 Å². The maximum absolute atomic E-state index is 15.0. The molecule has 0 aromatic heterocycles. The lowest BCUT2D eigenvalue weighted by atomic mass is 9.71. The quantitative estimate of drug-likeness (QED) is 0.758. The van der Waals surface area contributed by atoms with Gasteiger partial charge in [-0.05, 0) is 25.2 Å². The molecule has 3 aliphatic rings. The minimum atomic E-state index is -2.93. The molecule has 0 amide bonds. The molecule has 2 aromatic rings. The van der Waals surface area contributed by atoms with Crippen LogP contribution in [-0.2, 0) is 9.30 Å². The molecule has 2 saturated carbocycles. The van der Waals surface area contributed by atoms with Crippen LogP contribution in [0.15, 0.2) is 60.7 Å². The summed E-state index contributed by atoms with van der Waals surface area (Å²) in [5.41, 5.74) is 0.137. The van der Waals surface area contributed by atoms with Crippen molar-refractivity contribution in [2.45, 2.75) is 38.5 Å². The van der Waals surface area contributed by atoms with E-state index in [1.807, 2.05) is 60.7 Å². The largest absolute Gasteiger partial charge is 0.365 e. The second kappa shape index (κ2) is 4.87. The first kappa shape index (κ1) is 15.9. The zero-order chi connectivity index (χ0) is 17.3. The molecule has 0 radical (unpaired) electrons. The molecule has 4 bridgehead atoms. The van der Waals surface area contributed by atoms with E-state index in [-0.39, 0.29) is 10.8 Å². The Kier molecular flexibility index (Phi) is 3.09. The minimum absolute atomic E-state index is 0.0219. The molecule has 2 nitrogen and oxygen atoms in total. The van der Waals surface area contributed by atoms with Crippen LogP contribution in [0.25, 0.3) is 0 Å². The van der Waals surface area contributed by atoms with E-state index in [9.17, 15) is 0 Å². The first-order valence-corrected chi connectivity index (χ1v) is 11.0. The predicted octanol–water partition coefficient (Wildman–Crippen LogP) is 4.55. The van der Waals surface area contributed by atoms with Gasteiger partial charge in [-0.3, -0.25) is 0 Å². The average Bonchev–Trinajstić information content (AvgIpc) is 3.14. The molecule has 1 heterocycles. The Labute approximate surface area is 150 Å². The van der Waals surface area contributed by atoms with Gasteiger partial charge in [0.05, 0.1) is 6.61 Å². The first-order chi connectivity index (χ1) is 12.0. The summed E-state index contributed by atoms with van der Waals surface area (Å²) in [6, 6.07) is 20.2. The van der Waals surface area contributed by atoms with Crippen molar-refractivity contribution in [2.75, 3.05) is 6.61 Å². The first-order valence-electron chi connectivity index (χ1n) is 9.33. The molecule has 2 unspecified atom stereocenters. The fourth-order valence-corrected chi connectivity index (χ4v) is 10.3. The Morgan fingerprint density at radius 1 is 0.960 bits per heavy atom. The molecule has 4 atom stereocenters. The number of ether oxygens (including phenoxy) is 1. The van der Waals surface area contributed by atoms with Crippen molar-refractivity contribution in [3.8, 4) is 0 Å². The monoisotopic (exact) mass is 352 g/mol. The SMILES string of the molecule is CC12CCC3C[C@@]1(P(=O)(c1ccccc1)c1ccccc1)OC[C@@]32C. The third kappa shape index (κ3) is 1.60. The van der Waals surface area contributed by atoms with E-state index in [2.05, 4.69) is 13.8 Å². The number of benzene rings is 2. The van der Waals surface area contributed by atoms with Crippen molar-refractivity contribution in [1.82, 2.24) is 0 Å². The smallest absolute Gasteiger partial charge is 0.174 e. The molecule has 130 valence electrons. The highest BCUT2D eigenvalue weighted by Crippen LogP contribution is 2.84. The zero-order valence-corrected chi connectivity index (χ0v) is 15.8. The van der Waals surface area contributed by atoms with Crippen LogP contribution in [0, 0.1) is 16.7 Å². The average molecular weight is 352 g/mol. The fraction of sp³-hybridized carbons (Fsp3) is 0.455. The molecule has 2 aromatic carbocycles. The van der Waals surface area contributed by atoms with Crippen LogP contribution in [-0.4, -0.2) is 11.9 Å². The summed E-state index contributed by atoms with van der Waals surface area (Å²) in [7, 11) is -2.93. The number of rotatable bonds is 3. The van der Waals surface area contributed by atoms with Gasteiger partial charge in [-0.1, -0.05) is 74.5 Å². The van der Waals surface area contributed by atoms with Crippen molar-refractivity contribution in [2.24, 2.45) is 16.7 Å². The maximum Gasteiger partial charge on any atom is 0.174 e. The van der Waals surface area contributed by atoms with E-state index in [0.29, 0.717) is 5.92 Å². The maximum atomic E-state index is 15.0. The Hall–Kier alpha value is -1.37. The third-order valence-corrected chi connectivity index (χ3v) is 11.8. The molecule has 3 fully saturated rings. The molecular formula is C22H25O2P. The third-order valence-electron chi connectivity index (χ3n) is 7.90. The van der Waals surface area contributed by atoms with E-state index in [1.165, 1.54) is 6.42 Å². The Morgan fingerprint density at radius 2 is 1.52 bits per heavy atom. The standard InChI is InChI=1S/C22H25O2P/c1-20-16-24-22(15-17(20)13-14-21(20,22)2)25(23,18-9-5-3-6-10-18)19-11-7-4-8-12-19/h3-12,17H,13-16H2,1-2H3/t17?,20-,21?,22-/m0/s1. The fourth-order valence-electron chi connectivity index (χ4n) is 6.22. The van der Waals surface area contributed by atoms with E-state index in [0.717, 1.165) is 30.1 Å². The summed E-state index contributed by atoms with van der Waals surface area (Å²) in [5, 5.41) is 1.33. The Bertz CT molecular complexity index is 821. The molecule has 2 aliphatic carbocycles. The van der Waals surface area contributed by atoms with E-state index < -0.39 is 12.5 Å². The number of hydrogen-bond acceptors (Lipinski definition) is 2. The summed E-state index contributed by atoms with van der Waals surface area (Å²) in [5.74, 6) is 0.631. The highest BCUT2D eigenvalue weighted by molar-refractivity contribution is 7.80. The van der Waals surface area contributed by atoms with Gasteiger partial charge in [0.15, 0.2) is 7.14 Å². The van der Waals surface area contributed by atoms with Gasteiger partial charge in [0.2, 0.25) is 0 Å². The topological polar surface area (TPSA) is 26.3 Å². The molecule has 3 heteroatoms. The van der Waals surface area contributed by atoms with E-state index in [4.69, 9.17) is 4.74 Å². The van der Waals surface area contributed by atoms with Crippen LogP contribution >= 0.6 is 7.14 Å². The van der Waals surface area contributed by atoms with Gasteiger partial charge in [-0.25, -0.2) is 0 Å². The van der Waals surface area contributed by atoms with Crippen molar-refractivity contribution in [1.29, 1.82) is 0 Å². The Morgan fingerprint density at radius 3 is 2.00 bits per heavy atom. The van der Waals surface area contributed by atoms with Gasteiger partial charge in [0.25, 0.3) is 0 Å². The van der Waals surface area contributed by atoms with Gasteiger partial charge in [0.1, 0.15) is 5.34 Å². The van der Waals surface area contributed by atoms with Crippen LogP contribution in [0.4, 0.5) is 0 Å². The highest BCUT2D eigenvalue weighted by Gasteiger charge is 2.80. The van der Waals surface area contributed by atoms with E-state index in [1.54, 1.807) is 0 Å². The second-order valence-corrected chi connectivity index (χ2v) is 11.5. The second-order valence-electron chi connectivity index (χ2n) is 8.54. The minimum Gasteiger partial charge on any atom is -0.365 e. The highest BCUT2D eigenvalue weighted by atomic mass is 31.2. The van der Waals surface area contributed by atoms with Crippen LogP contribution in [0.3, 0.4) is 0 Å². The van der Waals surface area contributed by atoms with Gasteiger partial charge >= 0.3 is 0 Å². The van der Waals surface area contributed by atoms with Crippen molar-refractivity contribution in [3.05, 3.63) is 60.7 Å². The molecule has 25 heavy (non-hydrogen) atoms. The normalized spacial score (nSPS) is 39.0. The van der Waals surface area contributed by atoms with Crippen LogP contribution in [0.5, 0.6) is 0 Å². The lowest BCUT2D eigenvalue weighted by Crippen LogP contribution is -2.48. The molecule has 1 saturated heterocycles. The van der Waals surface area contributed by atoms with Crippen LogP contribution in [0.1, 0.15) is 33.1 Å². The summed E-state index contributed by atoms with van der Waals surface area (Å²) in [6.07, 6.45) is 3.31. The Balaban J connectivity index is 1.81. The lowest BCUT2D eigenvalue weighted by molar-refractivity contribution is -0.0223. The zero-order valence-electron chi connectivity index (χ0n) is 14.9. The lowest BCUT2D eigenvalue weighted by Gasteiger charge is -2.47. The molecular weight excluding hydrogens is 327 g/mol. The molecule has 0 N–H and O–H groups in total. The van der Waals surface area contributed by atoms with Crippen LogP contribution in [0.2, 0.25) is 0 Å². The van der Waals surface area contributed by atoms with Gasteiger partial charge in [-0.2, -0.15) is 0 Å². The summed E-state index contributed by atoms with van der Waals surface area (Å²) in [6.45, 7) is 5.48. The van der Waals surface area contributed by atoms with Crippen molar-refractivity contribution < 1.29 is 9.30 Å². The van der Waals surface area contributed by atoms with Crippen LogP contribution < -0.4 is 10.6 Å². The van der Waals surface area contributed by atoms with Crippen molar-refractivity contribution >= 4 is 17.8 Å². The number of hydrogen-bond donors (Lipinski definition) is 0. The molecule has 1 aliphatic heterocycles. The summed E-state index contributed by atoms with van der Waals surface area (Å²) < 4.78 is 21.6. The predicted molar refractivity (Wildman–Crippen MR) is 102 cm³/mol.